The third-order valence-electron chi connectivity index (χ3n) is 5.00. The van der Waals surface area contributed by atoms with Crippen LogP contribution in [0.15, 0.2) is 77.4 Å². The second-order valence-corrected chi connectivity index (χ2v) is 6.88. The molecule has 0 radical (unpaired) electrons. The number of amides is 1. The van der Waals surface area contributed by atoms with Gasteiger partial charge in [0.05, 0.1) is 32.4 Å². The van der Waals surface area contributed by atoms with Crippen molar-refractivity contribution in [1.82, 2.24) is 0 Å². The summed E-state index contributed by atoms with van der Waals surface area (Å²) in [5, 5.41) is 2.85. The van der Waals surface area contributed by atoms with E-state index in [1.165, 1.54) is 17.5 Å². The van der Waals surface area contributed by atoms with Crippen LogP contribution in [-0.4, -0.2) is 32.1 Å². The van der Waals surface area contributed by atoms with Crippen LogP contribution >= 0.6 is 0 Å². The van der Waals surface area contributed by atoms with E-state index in [-0.39, 0.29) is 5.91 Å². The van der Waals surface area contributed by atoms with Gasteiger partial charge < -0.3 is 19.5 Å². The minimum atomic E-state index is -0.231. The number of carbonyl (C=O) groups is 1. The van der Waals surface area contributed by atoms with E-state index >= 15 is 0 Å². The van der Waals surface area contributed by atoms with Crippen LogP contribution in [0.5, 0.6) is 0 Å². The fourth-order valence-corrected chi connectivity index (χ4v) is 3.50. The second-order valence-electron chi connectivity index (χ2n) is 6.88. The number of rotatable bonds is 5. The van der Waals surface area contributed by atoms with Crippen LogP contribution in [0.2, 0.25) is 0 Å². The highest BCUT2D eigenvalue weighted by atomic mass is 16.3. The summed E-state index contributed by atoms with van der Waals surface area (Å²) in [7, 11) is 0. The maximum atomic E-state index is 12.0. The third kappa shape index (κ3) is 4.38. The SMILES string of the molecule is O=C(Nc1ccc(N2CC[NH+](Cc3ccccc3)CC2)cc1)c1ccco1. The predicted molar refractivity (Wildman–Crippen MR) is 106 cm³/mol. The molecule has 3 aromatic rings. The van der Waals surface area contributed by atoms with Gasteiger partial charge in [-0.2, -0.15) is 0 Å². The molecule has 1 aromatic heterocycles. The molecule has 2 N–H and O–H groups in total. The lowest BCUT2D eigenvalue weighted by atomic mass is 10.2. The Balaban J connectivity index is 1.30. The first-order valence-corrected chi connectivity index (χ1v) is 9.35. The standard InChI is InChI=1S/C22H23N3O2/c26-22(21-7-4-16-27-21)23-19-8-10-20(11-9-19)25-14-12-24(13-15-25)17-18-5-2-1-3-6-18/h1-11,16H,12-15,17H2,(H,23,26)/p+1. The van der Waals surface area contributed by atoms with Crippen LogP contribution in [-0.2, 0) is 6.54 Å². The summed E-state index contributed by atoms with van der Waals surface area (Å²) in [6, 6.07) is 22.1. The van der Waals surface area contributed by atoms with Gasteiger partial charge in [-0.05, 0) is 36.4 Å². The zero-order chi connectivity index (χ0) is 18.5. The number of nitrogens with zero attached hydrogens (tertiary/aromatic N) is 1. The molecule has 0 unspecified atom stereocenters. The molecule has 2 aromatic carbocycles. The van der Waals surface area contributed by atoms with E-state index in [2.05, 4.69) is 52.7 Å². The zero-order valence-electron chi connectivity index (χ0n) is 15.2. The fraction of sp³-hybridized carbons (Fsp3) is 0.227. The normalized spacial score (nSPS) is 14.9. The zero-order valence-corrected chi connectivity index (χ0v) is 15.2. The Morgan fingerprint density at radius 3 is 2.37 bits per heavy atom. The Labute approximate surface area is 159 Å². The predicted octanol–water partition coefficient (Wildman–Crippen LogP) is 2.44. The maximum Gasteiger partial charge on any atom is 0.291 e. The van der Waals surface area contributed by atoms with E-state index in [1.807, 2.05) is 12.1 Å². The highest BCUT2D eigenvalue weighted by molar-refractivity contribution is 6.02. The molecule has 0 bridgehead atoms. The molecule has 27 heavy (non-hydrogen) atoms. The average molecular weight is 362 g/mol. The summed E-state index contributed by atoms with van der Waals surface area (Å²) >= 11 is 0. The average Bonchev–Trinajstić information content (AvgIpc) is 3.25. The van der Waals surface area contributed by atoms with Crippen molar-refractivity contribution in [2.75, 3.05) is 36.4 Å². The molecule has 138 valence electrons. The number of hydrogen-bond acceptors (Lipinski definition) is 3. The van der Waals surface area contributed by atoms with Gasteiger partial charge in [-0.3, -0.25) is 4.79 Å². The van der Waals surface area contributed by atoms with Crippen molar-refractivity contribution in [1.29, 1.82) is 0 Å². The highest BCUT2D eigenvalue weighted by Gasteiger charge is 2.20. The van der Waals surface area contributed by atoms with Gasteiger partial charge in [0.2, 0.25) is 0 Å². The minimum absolute atomic E-state index is 0.231. The summed E-state index contributed by atoms with van der Waals surface area (Å²) in [5.41, 5.74) is 3.37. The summed E-state index contributed by atoms with van der Waals surface area (Å²) in [4.78, 5) is 16.1. The Kier molecular flexibility index (Phi) is 5.21. The van der Waals surface area contributed by atoms with Crippen LogP contribution in [0, 0.1) is 0 Å². The maximum absolute atomic E-state index is 12.0. The lowest BCUT2D eigenvalue weighted by Gasteiger charge is -2.33. The topological polar surface area (TPSA) is 49.9 Å². The van der Waals surface area contributed by atoms with Gasteiger partial charge in [0.15, 0.2) is 5.76 Å². The summed E-state index contributed by atoms with van der Waals surface area (Å²) in [6.45, 7) is 5.44. The van der Waals surface area contributed by atoms with Crippen molar-refractivity contribution >= 4 is 17.3 Å². The molecule has 0 saturated carbocycles. The smallest absolute Gasteiger partial charge is 0.291 e. The Morgan fingerprint density at radius 2 is 1.70 bits per heavy atom. The van der Waals surface area contributed by atoms with E-state index in [0.29, 0.717) is 5.76 Å². The van der Waals surface area contributed by atoms with E-state index < -0.39 is 0 Å². The number of nitrogens with one attached hydrogen (secondary N) is 2. The molecule has 1 aliphatic heterocycles. The Bertz CT molecular complexity index is 852. The van der Waals surface area contributed by atoms with E-state index in [9.17, 15) is 4.79 Å². The van der Waals surface area contributed by atoms with Gasteiger partial charge in [-0.1, -0.05) is 30.3 Å². The Morgan fingerprint density at radius 1 is 0.963 bits per heavy atom. The van der Waals surface area contributed by atoms with E-state index in [1.54, 1.807) is 17.0 Å². The molecule has 1 aliphatic rings. The van der Waals surface area contributed by atoms with Gasteiger partial charge in [0, 0.05) is 16.9 Å². The van der Waals surface area contributed by atoms with Gasteiger partial charge >= 0.3 is 0 Å². The molecule has 0 atom stereocenters. The number of hydrogen-bond donors (Lipinski definition) is 2. The van der Waals surface area contributed by atoms with Crippen LogP contribution < -0.4 is 15.1 Å². The quantitative estimate of drug-likeness (QED) is 0.733. The van der Waals surface area contributed by atoms with Crippen molar-refractivity contribution < 1.29 is 14.1 Å². The summed E-state index contributed by atoms with van der Waals surface area (Å²) in [6.07, 6.45) is 1.50. The van der Waals surface area contributed by atoms with Crippen molar-refractivity contribution in [3.63, 3.8) is 0 Å². The summed E-state index contributed by atoms with van der Waals surface area (Å²) < 4.78 is 5.12. The van der Waals surface area contributed by atoms with Crippen molar-refractivity contribution in [3.8, 4) is 0 Å². The molecule has 1 fully saturated rings. The number of quaternary nitrogens is 1. The number of piperazine rings is 1. The molecular formula is C22H24N3O2+. The van der Waals surface area contributed by atoms with E-state index in [0.717, 1.165) is 38.4 Å². The van der Waals surface area contributed by atoms with Gasteiger partial charge in [0.1, 0.15) is 6.54 Å². The molecule has 1 amide bonds. The monoisotopic (exact) mass is 362 g/mol. The van der Waals surface area contributed by atoms with Crippen molar-refractivity contribution in [2.24, 2.45) is 0 Å². The lowest BCUT2D eigenvalue weighted by molar-refractivity contribution is -0.914. The molecular weight excluding hydrogens is 338 g/mol. The number of carbonyl (C=O) groups excluding carboxylic acids is 1. The molecule has 1 saturated heterocycles. The number of furan rings is 1. The molecule has 4 rings (SSSR count). The van der Waals surface area contributed by atoms with Crippen LogP contribution in [0.4, 0.5) is 11.4 Å². The van der Waals surface area contributed by atoms with E-state index in [4.69, 9.17) is 4.42 Å². The molecule has 2 heterocycles. The highest BCUT2D eigenvalue weighted by Crippen LogP contribution is 2.18. The van der Waals surface area contributed by atoms with Crippen LogP contribution in [0.25, 0.3) is 0 Å². The minimum Gasteiger partial charge on any atom is -0.459 e. The number of anilines is 2. The van der Waals surface area contributed by atoms with Gasteiger partial charge in [-0.25, -0.2) is 0 Å². The molecule has 0 aliphatic carbocycles. The first-order chi connectivity index (χ1) is 13.3. The first-order valence-electron chi connectivity index (χ1n) is 9.35. The van der Waals surface area contributed by atoms with Crippen molar-refractivity contribution in [3.05, 3.63) is 84.3 Å². The van der Waals surface area contributed by atoms with Crippen molar-refractivity contribution in [2.45, 2.75) is 6.54 Å². The lowest BCUT2D eigenvalue weighted by Crippen LogP contribution is -3.13. The fourth-order valence-electron chi connectivity index (χ4n) is 3.50. The van der Waals surface area contributed by atoms with Crippen LogP contribution in [0.1, 0.15) is 16.1 Å². The third-order valence-corrected chi connectivity index (χ3v) is 5.00. The largest absolute Gasteiger partial charge is 0.459 e. The van der Waals surface area contributed by atoms with Crippen LogP contribution in [0.3, 0.4) is 0 Å². The molecule has 5 nitrogen and oxygen atoms in total. The number of benzene rings is 2. The van der Waals surface area contributed by atoms with Gasteiger partial charge in [-0.15, -0.1) is 0 Å². The molecule has 5 heteroatoms. The van der Waals surface area contributed by atoms with Gasteiger partial charge in [0.25, 0.3) is 5.91 Å². The Hall–Kier alpha value is -3.05. The first kappa shape index (κ1) is 17.4. The summed E-state index contributed by atoms with van der Waals surface area (Å²) in [5.74, 6) is 0.0856. The molecule has 0 spiro atoms. The second kappa shape index (κ2) is 8.10.